The number of aromatic nitrogens is 2. The third kappa shape index (κ3) is 3.98. The molecule has 1 aliphatic carbocycles. The van der Waals surface area contributed by atoms with Crippen molar-refractivity contribution in [3.63, 3.8) is 0 Å². The Bertz CT molecular complexity index is 1000. The Balaban J connectivity index is 1.52. The fourth-order valence-electron chi connectivity index (χ4n) is 3.24. The average Bonchev–Trinajstić information content (AvgIpc) is 3.02. The van der Waals surface area contributed by atoms with E-state index in [1.807, 2.05) is 38.1 Å². The quantitative estimate of drug-likeness (QED) is 0.338. The highest BCUT2D eigenvalue weighted by molar-refractivity contribution is 8.00. The van der Waals surface area contributed by atoms with Gasteiger partial charge in [-0.15, -0.1) is 11.3 Å². The van der Waals surface area contributed by atoms with Crippen LogP contribution in [0.5, 0.6) is 0 Å². The Morgan fingerprint density at radius 2 is 1.96 bits per heavy atom. The van der Waals surface area contributed by atoms with Gasteiger partial charge >= 0.3 is 0 Å². The van der Waals surface area contributed by atoms with Crippen molar-refractivity contribution in [2.45, 2.75) is 49.9 Å². The summed E-state index contributed by atoms with van der Waals surface area (Å²) in [4.78, 5) is 24.0. The number of aryl methyl sites for hydroxylation is 3. The lowest BCUT2D eigenvalue weighted by Gasteiger charge is -2.12. The largest absolute Gasteiger partial charge is 0.325 e. The fourth-order valence-corrected chi connectivity index (χ4v) is 5.72. The summed E-state index contributed by atoms with van der Waals surface area (Å²) in [7, 11) is 0. The number of hydrogen-bond donors (Lipinski definition) is 1. The van der Waals surface area contributed by atoms with Gasteiger partial charge in [0.1, 0.15) is 9.98 Å². The summed E-state index contributed by atoms with van der Waals surface area (Å²) in [6, 6.07) is 7.76. The van der Waals surface area contributed by atoms with E-state index in [1.54, 1.807) is 11.3 Å². The number of carbonyl (C=O) groups is 1. The second-order valence-corrected chi connectivity index (χ2v) is 9.55. The maximum atomic E-state index is 12.5. The van der Waals surface area contributed by atoms with E-state index in [9.17, 15) is 4.79 Å². The van der Waals surface area contributed by atoms with Crippen LogP contribution >= 0.6 is 34.7 Å². The molecule has 0 spiro atoms. The fraction of sp³-hybridized carbons (Fsp3) is 0.350. The molecule has 0 bridgehead atoms. The van der Waals surface area contributed by atoms with E-state index >= 15 is 0 Å². The first-order valence-electron chi connectivity index (χ1n) is 9.03. The minimum atomic E-state index is -0.325. The predicted octanol–water partition coefficient (Wildman–Crippen LogP) is 5.65. The van der Waals surface area contributed by atoms with Gasteiger partial charge in [0.25, 0.3) is 0 Å². The molecule has 2 heterocycles. The number of benzene rings is 1. The number of carbonyl (C=O) groups excluding carboxylic acids is 1. The lowest BCUT2D eigenvalue weighted by molar-refractivity contribution is -0.115. The second kappa shape index (κ2) is 7.78. The minimum Gasteiger partial charge on any atom is -0.325 e. The van der Waals surface area contributed by atoms with Crippen molar-refractivity contribution in [1.82, 2.24) is 9.97 Å². The molecule has 140 valence electrons. The average molecular weight is 418 g/mol. The molecule has 1 amide bonds. The molecule has 0 fully saturated rings. The monoisotopic (exact) mass is 417 g/mol. The standard InChI is InChI=1S/C20H20ClN3OS2/c1-11-7-9-13(10-8-11)22-18(25)12(2)26-20-23-17(21)16-14-5-3-4-6-15(14)27-19(16)24-20/h7-10,12H,3-6H2,1-2H3,(H,22,25). The maximum Gasteiger partial charge on any atom is 0.237 e. The SMILES string of the molecule is Cc1ccc(NC(=O)C(C)Sc2nc(Cl)c3c4c(sc3n2)CCCC4)cc1. The van der Waals surface area contributed by atoms with Crippen molar-refractivity contribution >= 4 is 56.5 Å². The summed E-state index contributed by atoms with van der Waals surface area (Å²) in [6.45, 7) is 3.87. The van der Waals surface area contributed by atoms with Crippen molar-refractivity contribution in [1.29, 1.82) is 0 Å². The lowest BCUT2D eigenvalue weighted by Crippen LogP contribution is -2.22. The van der Waals surface area contributed by atoms with Crippen LogP contribution in [-0.2, 0) is 17.6 Å². The van der Waals surface area contributed by atoms with Crippen molar-refractivity contribution in [2.24, 2.45) is 0 Å². The number of anilines is 1. The van der Waals surface area contributed by atoms with Crippen LogP contribution in [0, 0.1) is 6.92 Å². The minimum absolute atomic E-state index is 0.0749. The van der Waals surface area contributed by atoms with E-state index in [0.29, 0.717) is 10.3 Å². The smallest absolute Gasteiger partial charge is 0.237 e. The zero-order chi connectivity index (χ0) is 19.0. The zero-order valence-corrected chi connectivity index (χ0v) is 17.6. The number of fused-ring (bicyclic) bond motifs is 3. The van der Waals surface area contributed by atoms with Gasteiger partial charge in [-0.05, 0) is 57.2 Å². The Morgan fingerprint density at radius 1 is 1.22 bits per heavy atom. The molecule has 0 saturated carbocycles. The van der Waals surface area contributed by atoms with E-state index in [4.69, 9.17) is 11.6 Å². The lowest BCUT2D eigenvalue weighted by atomic mass is 9.97. The molecule has 0 aliphatic heterocycles. The molecule has 7 heteroatoms. The topological polar surface area (TPSA) is 54.9 Å². The molecule has 1 atom stereocenters. The number of thioether (sulfide) groups is 1. The molecule has 4 nitrogen and oxygen atoms in total. The summed E-state index contributed by atoms with van der Waals surface area (Å²) in [6.07, 6.45) is 4.58. The number of rotatable bonds is 4. The molecule has 1 unspecified atom stereocenters. The number of nitrogens with zero attached hydrogens (tertiary/aromatic N) is 2. The molecule has 1 N–H and O–H groups in total. The van der Waals surface area contributed by atoms with E-state index in [-0.39, 0.29) is 11.2 Å². The van der Waals surface area contributed by atoms with Crippen LogP contribution in [0.3, 0.4) is 0 Å². The van der Waals surface area contributed by atoms with Gasteiger partial charge < -0.3 is 5.32 Å². The first-order valence-corrected chi connectivity index (χ1v) is 11.1. The van der Waals surface area contributed by atoms with Crippen LogP contribution < -0.4 is 5.32 Å². The third-order valence-electron chi connectivity index (χ3n) is 4.72. The maximum absolute atomic E-state index is 12.5. The predicted molar refractivity (Wildman–Crippen MR) is 114 cm³/mol. The Hall–Kier alpha value is -1.63. The van der Waals surface area contributed by atoms with Gasteiger partial charge in [0.2, 0.25) is 5.91 Å². The van der Waals surface area contributed by atoms with Gasteiger partial charge in [-0.2, -0.15) is 0 Å². The summed E-state index contributed by atoms with van der Waals surface area (Å²) in [5.74, 6) is -0.0749. The van der Waals surface area contributed by atoms with E-state index in [0.717, 1.165) is 34.3 Å². The van der Waals surface area contributed by atoms with Crippen molar-refractivity contribution < 1.29 is 4.79 Å². The third-order valence-corrected chi connectivity index (χ3v) is 7.14. The Morgan fingerprint density at radius 3 is 2.74 bits per heavy atom. The molecule has 1 aromatic carbocycles. The van der Waals surface area contributed by atoms with Crippen LogP contribution in [0.2, 0.25) is 5.15 Å². The van der Waals surface area contributed by atoms with Gasteiger partial charge in [0, 0.05) is 10.6 Å². The van der Waals surface area contributed by atoms with Gasteiger partial charge in [-0.3, -0.25) is 4.79 Å². The molecular weight excluding hydrogens is 398 g/mol. The van der Waals surface area contributed by atoms with Crippen LogP contribution in [0.1, 0.15) is 35.8 Å². The molecule has 27 heavy (non-hydrogen) atoms. The number of halogens is 1. The number of nitrogens with one attached hydrogen (secondary N) is 1. The van der Waals surface area contributed by atoms with Crippen LogP contribution in [0.4, 0.5) is 5.69 Å². The highest BCUT2D eigenvalue weighted by atomic mass is 35.5. The van der Waals surface area contributed by atoms with Gasteiger partial charge in [0.05, 0.1) is 10.6 Å². The summed E-state index contributed by atoms with van der Waals surface area (Å²) in [5.41, 5.74) is 3.27. The van der Waals surface area contributed by atoms with E-state index < -0.39 is 0 Å². The summed E-state index contributed by atoms with van der Waals surface area (Å²) in [5, 5.41) is 4.68. The number of amides is 1. The van der Waals surface area contributed by atoms with Gasteiger partial charge in [-0.1, -0.05) is 41.1 Å². The van der Waals surface area contributed by atoms with Gasteiger partial charge in [0.15, 0.2) is 5.16 Å². The number of thiophene rings is 1. The summed E-state index contributed by atoms with van der Waals surface area (Å²) >= 11 is 9.54. The number of hydrogen-bond acceptors (Lipinski definition) is 5. The highest BCUT2D eigenvalue weighted by Gasteiger charge is 2.22. The van der Waals surface area contributed by atoms with Crippen molar-refractivity contribution in [3.05, 3.63) is 45.4 Å². The molecule has 4 rings (SSSR count). The molecule has 2 aromatic heterocycles. The second-order valence-electron chi connectivity index (χ2n) is 6.80. The molecule has 0 saturated heterocycles. The molecule has 1 aliphatic rings. The highest BCUT2D eigenvalue weighted by Crippen LogP contribution is 2.39. The van der Waals surface area contributed by atoms with Crippen LogP contribution in [0.25, 0.3) is 10.2 Å². The van der Waals surface area contributed by atoms with Crippen molar-refractivity contribution in [2.75, 3.05) is 5.32 Å². The van der Waals surface area contributed by atoms with E-state index in [1.165, 1.54) is 35.0 Å². The molecular formula is C20H20ClN3OS2. The van der Waals surface area contributed by atoms with Crippen molar-refractivity contribution in [3.8, 4) is 0 Å². The molecule has 3 aromatic rings. The molecule has 0 radical (unpaired) electrons. The Kier molecular flexibility index (Phi) is 5.39. The van der Waals surface area contributed by atoms with Gasteiger partial charge in [-0.25, -0.2) is 9.97 Å². The first-order chi connectivity index (χ1) is 13.0. The summed E-state index contributed by atoms with van der Waals surface area (Å²) < 4.78 is 0. The van der Waals surface area contributed by atoms with Crippen LogP contribution in [-0.4, -0.2) is 21.1 Å². The Labute approximate surface area is 171 Å². The van der Waals surface area contributed by atoms with Crippen LogP contribution in [0.15, 0.2) is 29.4 Å². The zero-order valence-electron chi connectivity index (χ0n) is 15.2. The normalized spacial score (nSPS) is 14.8. The first kappa shape index (κ1) is 18.7. The van der Waals surface area contributed by atoms with E-state index in [2.05, 4.69) is 15.3 Å².